The molecule has 2 N–H and O–H groups in total. The summed E-state index contributed by atoms with van der Waals surface area (Å²) in [5.74, 6) is 0.966. The SMILES string of the molecule is CC(C1CCCCC1)N1CCC(N)CC1. The van der Waals surface area contributed by atoms with Crippen LogP contribution in [0, 0.1) is 5.92 Å². The molecule has 1 saturated carbocycles. The van der Waals surface area contributed by atoms with Crippen LogP contribution < -0.4 is 5.73 Å². The first-order valence-electron chi connectivity index (χ1n) is 6.77. The number of likely N-dealkylation sites (tertiary alicyclic amines) is 1. The summed E-state index contributed by atoms with van der Waals surface area (Å²) < 4.78 is 0. The number of hydrogen-bond acceptors (Lipinski definition) is 2. The highest BCUT2D eigenvalue weighted by molar-refractivity contribution is 4.83. The van der Waals surface area contributed by atoms with Gasteiger partial charge in [0.15, 0.2) is 0 Å². The highest BCUT2D eigenvalue weighted by Gasteiger charge is 2.27. The van der Waals surface area contributed by atoms with Crippen molar-refractivity contribution in [3.05, 3.63) is 0 Å². The van der Waals surface area contributed by atoms with Crippen molar-refractivity contribution in [3.63, 3.8) is 0 Å². The smallest absolute Gasteiger partial charge is 0.00952 e. The van der Waals surface area contributed by atoms with Crippen molar-refractivity contribution in [2.75, 3.05) is 13.1 Å². The quantitative estimate of drug-likeness (QED) is 0.758. The van der Waals surface area contributed by atoms with Crippen LogP contribution in [-0.2, 0) is 0 Å². The van der Waals surface area contributed by atoms with E-state index in [-0.39, 0.29) is 0 Å². The van der Waals surface area contributed by atoms with Crippen molar-refractivity contribution in [3.8, 4) is 0 Å². The Morgan fingerprint density at radius 3 is 2.20 bits per heavy atom. The molecule has 2 fully saturated rings. The largest absolute Gasteiger partial charge is 0.328 e. The first-order chi connectivity index (χ1) is 7.27. The van der Waals surface area contributed by atoms with Gasteiger partial charge in [0.2, 0.25) is 0 Å². The van der Waals surface area contributed by atoms with Crippen LogP contribution in [0.3, 0.4) is 0 Å². The molecule has 15 heavy (non-hydrogen) atoms. The molecule has 1 heterocycles. The summed E-state index contributed by atoms with van der Waals surface area (Å²) in [6.45, 7) is 4.91. The first-order valence-corrected chi connectivity index (χ1v) is 6.77. The van der Waals surface area contributed by atoms with Gasteiger partial charge in [-0.15, -0.1) is 0 Å². The predicted octanol–water partition coefficient (Wildman–Crippen LogP) is 2.38. The van der Waals surface area contributed by atoms with Gasteiger partial charge in [-0.25, -0.2) is 0 Å². The molecule has 0 bridgehead atoms. The predicted molar refractivity (Wildman–Crippen MR) is 64.8 cm³/mol. The fourth-order valence-corrected chi connectivity index (χ4v) is 3.24. The van der Waals surface area contributed by atoms with Crippen molar-refractivity contribution in [1.82, 2.24) is 4.90 Å². The molecule has 88 valence electrons. The van der Waals surface area contributed by atoms with Crippen LogP contribution >= 0.6 is 0 Å². The first kappa shape index (κ1) is 11.4. The zero-order valence-corrected chi connectivity index (χ0v) is 10.1. The van der Waals surface area contributed by atoms with Crippen molar-refractivity contribution in [2.45, 2.75) is 64.0 Å². The molecule has 2 aliphatic rings. The molecule has 1 aliphatic carbocycles. The summed E-state index contributed by atoms with van der Waals surface area (Å²) in [6.07, 6.45) is 9.72. The van der Waals surface area contributed by atoms with Crippen molar-refractivity contribution in [2.24, 2.45) is 11.7 Å². The summed E-state index contributed by atoms with van der Waals surface area (Å²) in [5, 5.41) is 0. The molecule has 0 spiro atoms. The normalized spacial score (nSPS) is 29.2. The van der Waals surface area contributed by atoms with Gasteiger partial charge in [-0.2, -0.15) is 0 Å². The Balaban J connectivity index is 1.81. The zero-order chi connectivity index (χ0) is 10.7. The monoisotopic (exact) mass is 210 g/mol. The van der Waals surface area contributed by atoms with Gasteiger partial charge in [-0.05, 0) is 51.6 Å². The third-order valence-electron chi connectivity index (χ3n) is 4.48. The van der Waals surface area contributed by atoms with Crippen LogP contribution in [0.25, 0.3) is 0 Å². The maximum absolute atomic E-state index is 5.95. The molecule has 2 rings (SSSR count). The lowest BCUT2D eigenvalue weighted by Crippen LogP contribution is -2.46. The van der Waals surface area contributed by atoms with E-state index in [0.29, 0.717) is 6.04 Å². The molecular formula is C13H26N2. The number of piperidine rings is 1. The van der Waals surface area contributed by atoms with Crippen LogP contribution in [0.1, 0.15) is 51.9 Å². The summed E-state index contributed by atoms with van der Waals surface area (Å²) in [5.41, 5.74) is 5.95. The minimum absolute atomic E-state index is 0.472. The van der Waals surface area contributed by atoms with E-state index in [0.717, 1.165) is 12.0 Å². The van der Waals surface area contributed by atoms with Crippen molar-refractivity contribution < 1.29 is 0 Å². The Morgan fingerprint density at radius 1 is 1.00 bits per heavy atom. The average molecular weight is 210 g/mol. The van der Waals surface area contributed by atoms with Gasteiger partial charge in [-0.1, -0.05) is 19.3 Å². The zero-order valence-electron chi connectivity index (χ0n) is 10.1. The molecule has 1 unspecified atom stereocenters. The minimum Gasteiger partial charge on any atom is -0.328 e. The van der Waals surface area contributed by atoms with Gasteiger partial charge in [0.1, 0.15) is 0 Å². The number of rotatable bonds is 2. The van der Waals surface area contributed by atoms with Crippen LogP contribution in [0.2, 0.25) is 0 Å². The van der Waals surface area contributed by atoms with Crippen molar-refractivity contribution in [1.29, 1.82) is 0 Å². The molecule has 0 aromatic carbocycles. The lowest BCUT2D eigenvalue weighted by atomic mass is 9.83. The molecule has 1 atom stereocenters. The second-order valence-corrected chi connectivity index (χ2v) is 5.51. The molecule has 1 saturated heterocycles. The van der Waals surface area contributed by atoms with E-state index in [1.807, 2.05) is 0 Å². The van der Waals surface area contributed by atoms with E-state index in [9.17, 15) is 0 Å². The van der Waals surface area contributed by atoms with Gasteiger partial charge >= 0.3 is 0 Å². The number of hydrogen-bond donors (Lipinski definition) is 1. The number of nitrogens with zero attached hydrogens (tertiary/aromatic N) is 1. The maximum atomic E-state index is 5.95. The molecule has 1 aliphatic heterocycles. The maximum Gasteiger partial charge on any atom is 0.00952 e. The second kappa shape index (κ2) is 5.31. The fourth-order valence-electron chi connectivity index (χ4n) is 3.24. The molecule has 0 aromatic rings. The summed E-state index contributed by atoms with van der Waals surface area (Å²) in [4.78, 5) is 2.68. The van der Waals surface area contributed by atoms with Gasteiger partial charge < -0.3 is 10.6 Å². The highest BCUT2D eigenvalue weighted by Crippen LogP contribution is 2.29. The van der Waals surface area contributed by atoms with E-state index >= 15 is 0 Å². The topological polar surface area (TPSA) is 29.3 Å². The second-order valence-electron chi connectivity index (χ2n) is 5.51. The molecule has 2 nitrogen and oxygen atoms in total. The molecule has 2 heteroatoms. The summed E-state index contributed by atoms with van der Waals surface area (Å²) in [7, 11) is 0. The van der Waals surface area contributed by atoms with E-state index in [2.05, 4.69) is 11.8 Å². The number of nitrogens with two attached hydrogens (primary N) is 1. The van der Waals surface area contributed by atoms with Gasteiger partial charge in [0.05, 0.1) is 0 Å². The molecule has 0 radical (unpaired) electrons. The Hall–Kier alpha value is -0.0800. The minimum atomic E-state index is 0.472. The van der Waals surface area contributed by atoms with E-state index < -0.39 is 0 Å². The Morgan fingerprint density at radius 2 is 1.60 bits per heavy atom. The van der Waals surface area contributed by atoms with Crippen LogP contribution in [-0.4, -0.2) is 30.1 Å². The lowest BCUT2D eigenvalue weighted by Gasteiger charge is -2.40. The lowest BCUT2D eigenvalue weighted by molar-refractivity contribution is 0.103. The third-order valence-corrected chi connectivity index (χ3v) is 4.48. The fraction of sp³-hybridized carbons (Fsp3) is 1.00. The summed E-state index contributed by atoms with van der Waals surface area (Å²) >= 11 is 0. The van der Waals surface area contributed by atoms with Crippen LogP contribution in [0.5, 0.6) is 0 Å². The highest BCUT2D eigenvalue weighted by atomic mass is 15.2. The van der Waals surface area contributed by atoms with Crippen LogP contribution in [0.4, 0.5) is 0 Å². The Kier molecular flexibility index (Phi) is 4.04. The summed E-state index contributed by atoms with van der Waals surface area (Å²) in [6, 6.07) is 1.28. The molecule has 0 aromatic heterocycles. The Bertz CT molecular complexity index is 179. The van der Waals surface area contributed by atoms with Gasteiger partial charge in [0, 0.05) is 12.1 Å². The third kappa shape index (κ3) is 2.94. The van der Waals surface area contributed by atoms with Crippen LogP contribution in [0.15, 0.2) is 0 Å². The van der Waals surface area contributed by atoms with E-state index in [1.165, 1.54) is 58.0 Å². The molecular weight excluding hydrogens is 184 g/mol. The van der Waals surface area contributed by atoms with Gasteiger partial charge in [-0.3, -0.25) is 0 Å². The van der Waals surface area contributed by atoms with Crippen molar-refractivity contribution >= 4 is 0 Å². The van der Waals surface area contributed by atoms with Gasteiger partial charge in [0.25, 0.3) is 0 Å². The molecule has 0 amide bonds. The average Bonchev–Trinajstić information content (AvgIpc) is 2.30. The van der Waals surface area contributed by atoms with E-state index in [1.54, 1.807) is 0 Å². The standard InChI is InChI=1S/C13H26N2/c1-11(12-5-3-2-4-6-12)15-9-7-13(14)8-10-15/h11-13H,2-10,14H2,1H3. The Labute approximate surface area is 94.2 Å². The van der Waals surface area contributed by atoms with E-state index in [4.69, 9.17) is 5.73 Å².